The molecule has 7 nitrogen and oxygen atoms in total. The zero-order valence-corrected chi connectivity index (χ0v) is 12.3. The third-order valence-corrected chi connectivity index (χ3v) is 3.21. The molecule has 0 radical (unpaired) electrons. The lowest BCUT2D eigenvalue weighted by atomic mass is 10.1. The minimum absolute atomic E-state index is 0.0668. The number of aromatic nitrogens is 2. The molecule has 0 unspecified atom stereocenters. The van der Waals surface area contributed by atoms with Gasteiger partial charge in [0, 0.05) is 11.9 Å². The quantitative estimate of drug-likeness (QED) is 0.551. The van der Waals surface area contributed by atoms with Gasteiger partial charge in [-0.2, -0.15) is 5.10 Å². The van der Waals surface area contributed by atoms with Crippen LogP contribution in [0.1, 0.15) is 25.5 Å². The molecule has 0 aliphatic carbocycles. The first kappa shape index (κ1) is 15.7. The van der Waals surface area contributed by atoms with E-state index in [9.17, 15) is 14.4 Å². The number of unbranched alkanes of at least 4 members (excludes halogenated alkanes) is 1. The molecule has 0 fully saturated rings. The summed E-state index contributed by atoms with van der Waals surface area (Å²) < 4.78 is 0. The number of aromatic amines is 1. The summed E-state index contributed by atoms with van der Waals surface area (Å²) in [6, 6.07) is 6.96. The molecule has 0 aliphatic rings. The van der Waals surface area contributed by atoms with Gasteiger partial charge in [0.1, 0.15) is 0 Å². The highest BCUT2D eigenvalue weighted by molar-refractivity contribution is 6.35. The Labute approximate surface area is 127 Å². The van der Waals surface area contributed by atoms with Crippen LogP contribution in [0, 0.1) is 0 Å². The molecule has 1 heterocycles. The Bertz CT molecular complexity index is 739. The molecule has 1 aromatic carbocycles. The first-order valence-electron chi connectivity index (χ1n) is 7.15. The van der Waals surface area contributed by atoms with Gasteiger partial charge in [0.05, 0.1) is 17.6 Å². The van der Waals surface area contributed by atoms with Crippen molar-refractivity contribution in [1.29, 1.82) is 0 Å². The summed E-state index contributed by atoms with van der Waals surface area (Å²) in [7, 11) is 0. The smallest absolute Gasteiger partial charge is 0.309 e. The highest BCUT2D eigenvalue weighted by atomic mass is 16.2. The van der Waals surface area contributed by atoms with Crippen molar-refractivity contribution in [3.63, 3.8) is 0 Å². The minimum Gasteiger partial charge on any atom is -0.348 e. The molecule has 22 heavy (non-hydrogen) atoms. The predicted octanol–water partition coefficient (Wildman–Crippen LogP) is 0.456. The number of rotatable bonds is 5. The number of hydrogen-bond donors (Lipinski definition) is 3. The van der Waals surface area contributed by atoms with Crippen molar-refractivity contribution in [3.05, 3.63) is 40.3 Å². The van der Waals surface area contributed by atoms with Crippen LogP contribution in [0.3, 0.4) is 0 Å². The Morgan fingerprint density at radius 3 is 2.55 bits per heavy atom. The van der Waals surface area contributed by atoms with E-state index in [2.05, 4.69) is 20.8 Å². The number of hydrogen-bond acceptors (Lipinski definition) is 4. The summed E-state index contributed by atoms with van der Waals surface area (Å²) in [5.74, 6) is -1.38. The Morgan fingerprint density at radius 2 is 1.82 bits per heavy atom. The van der Waals surface area contributed by atoms with Crippen molar-refractivity contribution in [2.45, 2.75) is 26.3 Å². The zero-order valence-electron chi connectivity index (χ0n) is 12.3. The van der Waals surface area contributed by atoms with Crippen LogP contribution >= 0.6 is 0 Å². The number of benzene rings is 1. The molecule has 2 aromatic rings. The van der Waals surface area contributed by atoms with E-state index >= 15 is 0 Å². The molecule has 0 aliphatic heterocycles. The highest BCUT2D eigenvalue weighted by Crippen LogP contribution is 2.11. The minimum atomic E-state index is -0.715. The average molecular weight is 302 g/mol. The molecule has 0 bridgehead atoms. The van der Waals surface area contributed by atoms with Gasteiger partial charge in [-0.05, 0) is 12.5 Å². The maximum atomic E-state index is 11.7. The fraction of sp³-hybridized carbons (Fsp3) is 0.333. The van der Waals surface area contributed by atoms with Gasteiger partial charge in [-0.1, -0.05) is 31.5 Å². The maximum Gasteiger partial charge on any atom is 0.309 e. The Kier molecular flexibility index (Phi) is 5.24. The van der Waals surface area contributed by atoms with E-state index in [1.54, 1.807) is 24.3 Å². The molecular formula is C15H18N4O3. The van der Waals surface area contributed by atoms with Crippen molar-refractivity contribution < 1.29 is 9.59 Å². The summed E-state index contributed by atoms with van der Waals surface area (Å²) in [5, 5.41) is 12.5. The van der Waals surface area contributed by atoms with Crippen molar-refractivity contribution in [3.8, 4) is 0 Å². The molecule has 0 saturated heterocycles. The zero-order chi connectivity index (χ0) is 15.9. The van der Waals surface area contributed by atoms with Gasteiger partial charge in [0.15, 0.2) is 0 Å². The Hall–Kier alpha value is -2.70. The third-order valence-electron chi connectivity index (χ3n) is 3.21. The van der Waals surface area contributed by atoms with E-state index in [4.69, 9.17) is 0 Å². The molecular weight excluding hydrogens is 284 g/mol. The molecule has 0 saturated carbocycles. The molecule has 7 heteroatoms. The van der Waals surface area contributed by atoms with Crippen LogP contribution < -0.4 is 16.2 Å². The van der Waals surface area contributed by atoms with Gasteiger partial charge in [0.2, 0.25) is 0 Å². The standard InChI is InChI=1S/C15H18N4O3/c1-2-3-8-16-14(21)15(22)17-9-12-10-6-4-5-7-11(10)13(20)19-18-12/h4-7H,2-3,8-9H2,1H3,(H,16,21)(H,17,22)(H,19,20). The van der Waals surface area contributed by atoms with E-state index in [1.165, 1.54) is 0 Å². The molecule has 2 amide bonds. The number of nitrogens with zero attached hydrogens (tertiary/aromatic N) is 1. The normalized spacial score (nSPS) is 10.4. The Balaban J connectivity index is 2.03. The summed E-state index contributed by atoms with van der Waals surface area (Å²) in [6.07, 6.45) is 1.76. The van der Waals surface area contributed by atoms with E-state index in [0.717, 1.165) is 12.8 Å². The fourth-order valence-electron chi connectivity index (χ4n) is 2.01. The first-order chi connectivity index (χ1) is 10.6. The van der Waals surface area contributed by atoms with Crippen LogP contribution in [0.4, 0.5) is 0 Å². The topological polar surface area (TPSA) is 104 Å². The van der Waals surface area contributed by atoms with Gasteiger partial charge in [-0.3, -0.25) is 14.4 Å². The molecule has 0 spiro atoms. The Morgan fingerprint density at radius 1 is 1.14 bits per heavy atom. The highest BCUT2D eigenvalue weighted by Gasteiger charge is 2.13. The molecule has 1 aromatic heterocycles. The lowest BCUT2D eigenvalue weighted by Gasteiger charge is -2.07. The van der Waals surface area contributed by atoms with E-state index in [1.807, 2.05) is 6.92 Å². The second-order valence-corrected chi connectivity index (χ2v) is 4.84. The number of H-pyrrole nitrogens is 1. The van der Waals surface area contributed by atoms with Gasteiger partial charge >= 0.3 is 11.8 Å². The third kappa shape index (κ3) is 3.69. The number of nitrogens with one attached hydrogen (secondary N) is 3. The van der Waals surface area contributed by atoms with Crippen LogP contribution in [-0.4, -0.2) is 28.6 Å². The molecule has 2 rings (SSSR count). The molecule has 3 N–H and O–H groups in total. The summed E-state index contributed by atoms with van der Waals surface area (Å²) in [5.41, 5.74) is 0.216. The van der Waals surface area contributed by atoms with Crippen molar-refractivity contribution in [1.82, 2.24) is 20.8 Å². The maximum absolute atomic E-state index is 11.7. The van der Waals surface area contributed by atoms with Crippen LogP contribution in [0.15, 0.2) is 29.1 Å². The SMILES string of the molecule is CCCCNC(=O)C(=O)NCc1n[nH]c(=O)c2ccccc12. The van der Waals surface area contributed by atoms with E-state index < -0.39 is 11.8 Å². The van der Waals surface area contributed by atoms with E-state index in [0.29, 0.717) is 23.0 Å². The summed E-state index contributed by atoms with van der Waals surface area (Å²) >= 11 is 0. The van der Waals surface area contributed by atoms with Crippen molar-refractivity contribution in [2.75, 3.05) is 6.54 Å². The van der Waals surface area contributed by atoms with Gasteiger partial charge < -0.3 is 10.6 Å². The van der Waals surface area contributed by atoms with Crippen LogP contribution in [-0.2, 0) is 16.1 Å². The molecule has 0 atom stereocenters. The second kappa shape index (κ2) is 7.35. The summed E-state index contributed by atoms with van der Waals surface area (Å²) in [4.78, 5) is 34.9. The second-order valence-electron chi connectivity index (χ2n) is 4.84. The molecule has 116 valence electrons. The van der Waals surface area contributed by atoms with Gasteiger partial charge in [-0.15, -0.1) is 0 Å². The summed E-state index contributed by atoms with van der Waals surface area (Å²) in [6.45, 7) is 2.54. The van der Waals surface area contributed by atoms with Gasteiger partial charge in [0.25, 0.3) is 5.56 Å². The number of carbonyl (C=O) groups is 2. The lowest BCUT2D eigenvalue weighted by molar-refractivity contribution is -0.139. The number of fused-ring (bicyclic) bond motifs is 1. The fourth-order valence-corrected chi connectivity index (χ4v) is 2.01. The average Bonchev–Trinajstić information content (AvgIpc) is 2.54. The predicted molar refractivity (Wildman–Crippen MR) is 82.1 cm³/mol. The van der Waals surface area contributed by atoms with Crippen LogP contribution in [0.5, 0.6) is 0 Å². The van der Waals surface area contributed by atoms with E-state index in [-0.39, 0.29) is 12.1 Å². The first-order valence-corrected chi connectivity index (χ1v) is 7.15. The number of amides is 2. The number of carbonyl (C=O) groups excluding carboxylic acids is 2. The van der Waals surface area contributed by atoms with Crippen molar-refractivity contribution in [2.24, 2.45) is 0 Å². The largest absolute Gasteiger partial charge is 0.348 e. The van der Waals surface area contributed by atoms with Crippen LogP contribution in [0.2, 0.25) is 0 Å². The van der Waals surface area contributed by atoms with Gasteiger partial charge in [-0.25, -0.2) is 5.10 Å². The van der Waals surface area contributed by atoms with Crippen LogP contribution in [0.25, 0.3) is 10.8 Å². The monoisotopic (exact) mass is 302 g/mol. The van der Waals surface area contributed by atoms with Crippen molar-refractivity contribution >= 4 is 22.6 Å². The lowest BCUT2D eigenvalue weighted by Crippen LogP contribution is -2.40.